The van der Waals surface area contributed by atoms with Crippen LogP contribution in [0.1, 0.15) is 6.92 Å². The van der Waals surface area contributed by atoms with E-state index < -0.39 is 0 Å². The van der Waals surface area contributed by atoms with Crippen LogP contribution >= 0.6 is 11.3 Å². The summed E-state index contributed by atoms with van der Waals surface area (Å²) in [4.78, 5) is 12.1. The summed E-state index contributed by atoms with van der Waals surface area (Å²) < 4.78 is 0. The van der Waals surface area contributed by atoms with Crippen molar-refractivity contribution >= 4 is 27.4 Å². The van der Waals surface area contributed by atoms with Crippen LogP contribution in [0.25, 0.3) is 10.2 Å². The SMILES string of the molecule is CC1CN(c2ncnc3sccc23)CCN1. The van der Waals surface area contributed by atoms with Gasteiger partial charge in [0.2, 0.25) is 0 Å². The van der Waals surface area contributed by atoms with Crippen molar-refractivity contribution in [1.29, 1.82) is 0 Å². The second kappa shape index (κ2) is 3.99. The molecule has 0 bridgehead atoms. The first-order valence-corrected chi connectivity index (χ1v) is 6.39. The van der Waals surface area contributed by atoms with Gasteiger partial charge in [-0.2, -0.15) is 0 Å². The largest absolute Gasteiger partial charge is 0.353 e. The van der Waals surface area contributed by atoms with Gasteiger partial charge in [-0.15, -0.1) is 11.3 Å². The normalized spacial score (nSPS) is 21.6. The van der Waals surface area contributed by atoms with E-state index >= 15 is 0 Å². The molecule has 84 valence electrons. The van der Waals surface area contributed by atoms with Crippen molar-refractivity contribution in [3.8, 4) is 0 Å². The summed E-state index contributed by atoms with van der Waals surface area (Å²) in [6, 6.07) is 2.64. The van der Waals surface area contributed by atoms with Crippen molar-refractivity contribution in [3.05, 3.63) is 17.8 Å². The highest BCUT2D eigenvalue weighted by Gasteiger charge is 2.19. The highest BCUT2D eigenvalue weighted by Crippen LogP contribution is 2.27. The zero-order valence-electron chi connectivity index (χ0n) is 9.18. The third kappa shape index (κ3) is 1.66. The smallest absolute Gasteiger partial charge is 0.140 e. The highest BCUT2D eigenvalue weighted by molar-refractivity contribution is 7.16. The monoisotopic (exact) mass is 234 g/mol. The first kappa shape index (κ1) is 9.99. The van der Waals surface area contributed by atoms with E-state index in [-0.39, 0.29) is 0 Å². The summed E-state index contributed by atoms with van der Waals surface area (Å²) in [5.74, 6) is 1.08. The van der Waals surface area contributed by atoms with E-state index in [9.17, 15) is 0 Å². The van der Waals surface area contributed by atoms with Gasteiger partial charge in [0.15, 0.2) is 0 Å². The molecule has 1 aliphatic heterocycles. The van der Waals surface area contributed by atoms with Gasteiger partial charge in [0.25, 0.3) is 0 Å². The van der Waals surface area contributed by atoms with E-state index in [4.69, 9.17) is 0 Å². The number of hydrogen-bond donors (Lipinski definition) is 1. The molecule has 0 saturated carbocycles. The number of rotatable bonds is 1. The van der Waals surface area contributed by atoms with Crippen molar-refractivity contribution in [2.75, 3.05) is 24.5 Å². The Morgan fingerprint density at radius 1 is 1.50 bits per heavy atom. The van der Waals surface area contributed by atoms with E-state index in [0.717, 1.165) is 30.3 Å². The summed E-state index contributed by atoms with van der Waals surface area (Å²) in [5, 5.41) is 6.70. The highest BCUT2D eigenvalue weighted by atomic mass is 32.1. The third-order valence-electron chi connectivity index (χ3n) is 2.91. The number of hydrogen-bond acceptors (Lipinski definition) is 5. The molecule has 3 rings (SSSR count). The topological polar surface area (TPSA) is 41.1 Å². The van der Waals surface area contributed by atoms with Crippen LogP contribution in [0.4, 0.5) is 5.82 Å². The van der Waals surface area contributed by atoms with Gasteiger partial charge in [-0.1, -0.05) is 0 Å². The number of nitrogens with one attached hydrogen (secondary N) is 1. The van der Waals surface area contributed by atoms with Gasteiger partial charge in [-0.05, 0) is 18.4 Å². The molecule has 0 radical (unpaired) electrons. The molecule has 0 amide bonds. The average Bonchev–Trinajstić information content (AvgIpc) is 2.76. The molecule has 0 aromatic carbocycles. The Morgan fingerprint density at radius 2 is 2.44 bits per heavy atom. The van der Waals surface area contributed by atoms with Crippen molar-refractivity contribution in [2.24, 2.45) is 0 Å². The number of fused-ring (bicyclic) bond motifs is 1. The van der Waals surface area contributed by atoms with Gasteiger partial charge in [0.05, 0.1) is 5.39 Å². The standard InChI is InChI=1S/C11H14N4S/c1-8-6-15(4-3-12-8)10-9-2-5-16-11(9)14-7-13-10/h2,5,7-8,12H,3-4,6H2,1H3. The number of piperazine rings is 1. The van der Waals surface area contributed by atoms with Crippen LogP contribution in [-0.2, 0) is 0 Å². The molecule has 1 saturated heterocycles. The molecule has 0 aliphatic carbocycles. The molecule has 4 nitrogen and oxygen atoms in total. The Balaban J connectivity index is 2.01. The molecule has 1 atom stereocenters. The summed E-state index contributed by atoms with van der Waals surface area (Å²) in [6.07, 6.45) is 1.67. The molecule has 0 spiro atoms. The van der Waals surface area contributed by atoms with Gasteiger partial charge in [0.1, 0.15) is 17.0 Å². The Hall–Kier alpha value is -1.20. The van der Waals surface area contributed by atoms with E-state index in [1.54, 1.807) is 17.7 Å². The molecule has 1 unspecified atom stereocenters. The zero-order chi connectivity index (χ0) is 11.0. The predicted molar refractivity (Wildman–Crippen MR) is 67.1 cm³/mol. The maximum atomic E-state index is 4.43. The van der Waals surface area contributed by atoms with Crippen LogP contribution in [-0.4, -0.2) is 35.6 Å². The molecule has 2 aromatic heterocycles. The van der Waals surface area contributed by atoms with Crippen LogP contribution in [0, 0.1) is 0 Å². The molecule has 3 heterocycles. The molecule has 5 heteroatoms. The minimum absolute atomic E-state index is 0.525. The van der Waals surface area contributed by atoms with Crippen molar-refractivity contribution in [3.63, 3.8) is 0 Å². The quantitative estimate of drug-likeness (QED) is 0.811. The summed E-state index contributed by atoms with van der Waals surface area (Å²) >= 11 is 1.67. The fourth-order valence-corrected chi connectivity index (χ4v) is 2.88. The van der Waals surface area contributed by atoms with Gasteiger partial charge in [0, 0.05) is 25.7 Å². The fourth-order valence-electron chi connectivity index (χ4n) is 2.15. The Kier molecular flexibility index (Phi) is 2.49. The number of thiophene rings is 1. The molecular weight excluding hydrogens is 220 g/mol. The lowest BCUT2D eigenvalue weighted by Crippen LogP contribution is -2.49. The third-order valence-corrected chi connectivity index (χ3v) is 3.73. The van der Waals surface area contributed by atoms with Crippen LogP contribution < -0.4 is 10.2 Å². The fraction of sp³-hybridized carbons (Fsp3) is 0.455. The number of anilines is 1. The van der Waals surface area contributed by atoms with Crippen molar-refractivity contribution < 1.29 is 0 Å². The van der Waals surface area contributed by atoms with Gasteiger partial charge < -0.3 is 10.2 Å². The Labute approximate surface area is 98.3 Å². The second-order valence-electron chi connectivity index (χ2n) is 4.14. The van der Waals surface area contributed by atoms with Crippen LogP contribution in [0.3, 0.4) is 0 Å². The van der Waals surface area contributed by atoms with Crippen LogP contribution in [0.2, 0.25) is 0 Å². The van der Waals surface area contributed by atoms with Crippen molar-refractivity contribution in [1.82, 2.24) is 15.3 Å². The number of aromatic nitrogens is 2. The zero-order valence-corrected chi connectivity index (χ0v) is 10.00. The maximum Gasteiger partial charge on any atom is 0.140 e. The molecule has 1 aliphatic rings. The van der Waals surface area contributed by atoms with E-state index in [1.165, 1.54) is 5.39 Å². The van der Waals surface area contributed by atoms with Gasteiger partial charge in [-0.3, -0.25) is 0 Å². The van der Waals surface area contributed by atoms with Crippen LogP contribution in [0.15, 0.2) is 17.8 Å². The minimum atomic E-state index is 0.525. The Bertz CT molecular complexity index is 495. The summed E-state index contributed by atoms with van der Waals surface area (Å²) in [7, 11) is 0. The van der Waals surface area contributed by atoms with Crippen LogP contribution in [0.5, 0.6) is 0 Å². The number of nitrogens with zero attached hydrogens (tertiary/aromatic N) is 3. The first-order valence-electron chi connectivity index (χ1n) is 5.51. The predicted octanol–water partition coefficient (Wildman–Crippen LogP) is 1.49. The summed E-state index contributed by atoms with van der Waals surface area (Å²) in [5.41, 5.74) is 0. The van der Waals surface area contributed by atoms with Gasteiger partial charge >= 0.3 is 0 Å². The lowest BCUT2D eigenvalue weighted by Gasteiger charge is -2.32. The van der Waals surface area contributed by atoms with E-state index in [0.29, 0.717) is 6.04 Å². The Morgan fingerprint density at radius 3 is 3.31 bits per heavy atom. The molecular formula is C11H14N4S. The second-order valence-corrected chi connectivity index (χ2v) is 5.03. The maximum absolute atomic E-state index is 4.43. The molecule has 16 heavy (non-hydrogen) atoms. The summed E-state index contributed by atoms with van der Waals surface area (Å²) in [6.45, 7) is 5.27. The van der Waals surface area contributed by atoms with Crippen molar-refractivity contribution in [2.45, 2.75) is 13.0 Å². The molecule has 1 fully saturated rings. The van der Waals surface area contributed by atoms with E-state index in [1.807, 2.05) is 0 Å². The average molecular weight is 234 g/mol. The molecule has 1 N–H and O–H groups in total. The van der Waals surface area contributed by atoms with E-state index in [2.05, 4.69) is 38.6 Å². The minimum Gasteiger partial charge on any atom is -0.353 e. The molecule has 2 aromatic rings. The first-order chi connectivity index (χ1) is 7.84. The lowest BCUT2D eigenvalue weighted by atomic mass is 10.2. The lowest BCUT2D eigenvalue weighted by molar-refractivity contribution is 0.483. The van der Waals surface area contributed by atoms with Gasteiger partial charge in [-0.25, -0.2) is 9.97 Å².